The van der Waals surface area contributed by atoms with E-state index in [-0.39, 0.29) is 6.61 Å². The van der Waals surface area contributed by atoms with Crippen molar-refractivity contribution in [2.45, 2.75) is 32.7 Å². The summed E-state index contributed by atoms with van der Waals surface area (Å²) >= 11 is 0. The van der Waals surface area contributed by atoms with Crippen LogP contribution in [-0.4, -0.2) is 48.8 Å². The van der Waals surface area contributed by atoms with E-state index in [0.717, 1.165) is 25.6 Å². The lowest BCUT2D eigenvalue weighted by Crippen LogP contribution is -2.42. The van der Waals surface area contributed by atoms with Crippen LogP contribution in [0.5, 0.6) is 0 Å². The highest BCUT2D eigenvalue weighted by Gasteiger charge is 2.18. The third-order valence-corrected chi connectivity index (χ3v) is 3.01. The minimum atomic E-state index is 0.276. The SMILES string of the molecule is CC(C)N(CCO)CC1CCCNC1. The molecule has 0 radical (unpaired) electrons. The van der Waals surface area contributed by atoms with Crippen molar-refractivity contribution in [1.29, 1.82) is 0 Å². The zero-order chi connectivity index (χ0) is 10.4. The second-order valence-corrected chi connectivity index (χ2v) is 4.52. The van der Waals surface area contributed by atoms with Crippen molar-refractivity contribution in [3.05, 3.63) is 0 Å². The van der Waals surface area contributed by atoms with Crippen LogP contribution in [0.3, 0.4) is 0 Å². The number of aliphatic hydroxyl groups excluding tert-OH is 1. The molecule has 1 rings (SSSR count). The van der Waals surface area contributed by atoms with Gasteiger partial charge in [0.25, 0.3) is 0 Å². The number of rotatable bonds is 5. The average Bonchev–Trinajstić information content (AvgIpc) is 2.18. The number of aliphatic hydroxyl groups is 1. The van der Waals surface area contributed by atoms with Crippen LogP contribution in [0, 0.1) is 5.92 Å². The standard InChI is InChI=1S/C11H24N2O/c1-10(2)13(6-7-14)9-11-4-3-5-12-8-11/h10-12,14H,3-9H2,1-2H3. The van der Waals surface area contributed by atoms with Gasteiger partial charge in [0.2, 0.25) is 0 Å². The monoisotopic (exact) mass is 200 g/mol. The van der Waals surface area contributed by atoms with Crippen LogP contribution >= 0.6 is 0 Å². The van der Waals surface area contributed by atoms with E-state index in [0.29, 0.717) is 6.04 Å². The highest BCUT2D eigenvalue weighted by molar-refractivity contribution is 4.74. The van der Waals surface area contributed by atoms with Crippen LogP contribution in [0.25, 0.3) is 0 Å². The van der Waals surface area contributed by atoms with Crippen molar-refractivity contribution in [3.8, 4) is 0 Å². The highest BCUT2D eigenvalue weighted by Crippen LogP contribution is 2.13. The van der Waals surface area contributed by atoms with Gasteiger partial charge in [0, 0.05) is 19.1 Å². The second kappa shape index (κ2) is 6.38. The molecule has 1 aliphatic rings. The molecule has 1 heterocycles. The number of piperidine rings is 1. The molecule has 14 heavy (non-hydrogen) atoms. The predicted octanol–water partition coefficient (Wildman–Crippen LogP) is 0.689. The summed E-state index contributed by atoms with van der Waals surface area (Å²) in [6.45, 7) is 8.95. The molecule has 3 nitrogen and oxygen atoms in total. The van der Waals surface area contributed by atoms with Crippen molar-refractivity contribution >= 4 is 0 Å². The lowest BCUT2D eigenvalue weighted by molar-refractivity contribution is 0.136. The normalized spacial score (nSPS) is 23.4. The van der Waals surface area contributed by atoms with Crippen LogP contribution in [0.1, 0.15) is 26.7 Å². The number of nitrogens with one attached hydrogen (secondary N) is 1. The van der Waals surface area contributed by atoms with Gasteiger partial charge in [0.15, 0.2) is 0 Å². The maximum absolute atomic E-state index is 8.96. The first kappa shape index (κ1) is 12.0. The molecule has 0 spiro atoms. The van der Waals surface area contributed by atoms with Crippen molar-refractivity contribution < 1.29 is 5.11 Å². The topological polar surface area (TPSA) is 35.5 Å². The molecule has 84 valence electrons. The fourth-order valence-electron chi connectivity index (χ4n) is 2.10. The van der Waals surface area contributed by atoms with Gasteiger partial charge in [-0.15, -0.1) is 0 Å². The van der Waals surface area contributed by atoms with Crippen LogP contribution in [0.15, 0.2) is 0 Å². The van der Waals surface area contributed by atoms with Crippen molar-refractivity contribution in [2.75, 3.05) is 32.8 Å². The molecule has 1 unspecified atom stereocenters. The zero-order valence-electron chi connectivity index (χ0n) is 9.50. The largest absolute Gasteiger partial charge is 0.395 e. The smallest absolute Gasteiger partial charge is 0.0558 e. The quantitative estimate of drug-likeness (QED) is 0.685. The lowest BCUT2D eigenvalue weighted by atomic mass is 9.98. The Bertz CT molecular complexity index is 144. The Morgan fingerprint density at radius 1 is 1.50 bits per heavy atom. The van der Waals surface area contributed by atoms with Gasteiger partial charge in [-0.05, 0) is 45.7 Å². The summed E-state index contributed by atoms with van der Waals surface area (Å²) < 4.78 is 0. The summed E-state index contributed by atoms with van der Waals surface area (Å²) in [4.78, 5) is 2.37. The van der Waals surface area contributed by atoms with E-state index in [9.17, 15) is 0 Å². The van der Waals surface area contributed by atoms with Gasteiger partial charge in [-0.25, -0.2) is 0 Å². The van der Waals surface area contributed by atoms with Crippen molar-refractivity contribution in [3.63, 3.8) is 0 Å². The summed E-state index contributed by atoms with van der Waals surface area (Å²) in [6.07, 6.45) is 2.64. The van der Waals surface area contributed by atoms with E-state index in [1.165, 1.54) is 19.4 Å². The fourth-order valence-corrected chi connectivity index (χ4v) is 2.10. The Hall–Kier alpha value is -0.120. The van der Waals surface area contributed by atoms with Gasteiger partial charge in [0.05, 0.1) is 6.61 Å². The Morgan fingerprint density at radius 2 is 2.29 bits per heavy atom. The maximum Gasteiger partial charge on any atom is 0.0558 e. The molecular weight excluding hydrogens is 176 g/mol. The van der Waals surface area contributed by atoms with E-state index in [2.05, 4.69) is 24.1 Å². The van der Waals surface area contributed by atoms with Gasteiger partial charge in [-0.2, -0.15) is 0 Å². The van der Waals surface area contributed by atoms with E-state index in [4.69, 9.17) is 5.11 Å². The van der Waals surface area contributed by atoms with Gasteiger partial charge >= 0.3 is 0 Å². The maximum atomic E-state index is 8.96. The zero-order valence-corrected chi connectivity index (χ0v) is 9.50. The first-order chi connectivity index (χ1) is 6.74. The molecule has 0 amide bonds. The number of nitrogens with zero attached hydrogens (tertiary/aromatic N) is 1. The molecule has 0 bridgehead atoms. The third-order valence-electron chi connectivity index (χ3n) is 3.01. The predicted molar refractivity (Wildman–Crippen MR) is 59.4 cm³/mol. The van der Waals surface area contributed by atoms with E-state index in [1.54, 1.807) is 0 Å². The van der Waals surface area contributed by atoms with E-state index in [1.807, 2.05) is 0 Å². The molecule has 0 aromatic rings. The van der Waals surface area contributed by atoms with Gasteiger partial charge in [-0.1, -0.05) is 0 Å². The van der Waals surface area contributed by atoms with Crippen molar-refractivity contribution in [1.82, 2.24) is 10.2 Å². The summed E-state index contributed by atoms with van der Waals surface area (Å²) in [5.74, 6) is 0.776. The minimum Gasteiger partial charge on any atom is -0.395 e. The van der Waals surface area contributed by atoms with Crippen LogP contribution < -0.4 is 5.32 Å². The minimum absolute atomic E-state index is 0.276. The first-order valence-corrected chi connectivity index (χ1v) is 5.79. The molecule has 2 N–H and O–H groups in total. The third kappa shape index (κ3) is 3.95. The Balaban J connectivity index is 2.29. The molecule has 0 aromatic carbocycles. The Morgan fingerprint density at radius 3 is 2.79 bits per heavy atom. The van der Waals surface area contributed by atoms with Crippen LogP contribution in [0.4, 0.5) is 0 Å². The first-order valence-electron chi connectivity index (χ1n) is 5.79. The fraction of sp³-hybridized carbons (Fsp3) is 1.00. The molecule has 1 fully saturated rings. The summed E-state index contributed by atoms with van der Waals surface area (Å²) in [7, 11) is 0. The summed E-state index contributed by atoms with van der Waals surface area (Å²) in [5.41, 5.74) is 0. The molecule has 3 heteroatoms. The molecule has 0 saturated carbocycles. The van der Waals surface area contributed by atoms with Gasteiger partial charge in [0.1, 0.15) is 0 Å². The highest BCUT2D eigenvalue weighted by atomic mass is 16.3. The summed E-state index contributed by atoms with van der Waals surface area (Å²) in [6, 6.07) is 0.545. The molecule has 1 saturated heterocycles. The van der Waals surface area contributed by atoms with E-state index < -0.39 is 0 Å². The number of hydrogen-bond donors (Lipinski definition) is 2. The second-order valence-electron chi connectivity index (χ2n) is 4.52. The van der Waals surface area contributed by atoms with Gasteiger partial charge in [-0.3, -0.25) is 4.90 Å². The van der Waals surface area contributed by atoms with Crippen LogP contribution in [0.2, 0.25) is 0 Å². The van der Waals surface area contributed by atoms with E-state index >= 15 is 0 Å². The Labute approximate surface area is 87.5 Å². The molecule has 1 aliphatic heterocycles. The molecule has 0 aliphatic carbocycles. The van der Waals surface area contributed by atoms with Crippen molar-refractivity contribution in [2.24, 2.45) is 5.92 Å². The van der Waals surface area contributed by atoms with Crippen LogP contribution in [-0.2, 0) is 0 Å². The Kier molecular flexibility index (Phi) is 5.45. The van der Waals surface area contributed by atoms with Gasteiger partial charge < -0.3 is 10.4 Å². The number of hydrogen-bond acceptors (Lipinski definition) is 3. The molecular formula is C11H24N2O. The lowest BCUT2D eigenvalue weighted by Gasteiger charge is -2.32. The molecule has 0 aromatic heterocycles. The molecule has 1 atom stereocenters. The summed E-state index contributed by atoms with van der Waals surface area (Å²) in [5, 5.41) is 12.4. The average molecular weight is 200 g/mol.